The number of nitrogens with zero attached hydrogens (tertiary/aromatic N) is 3. The summed E-state index contributed by atoms with van der Waals surface area (Å²) in [6.45, 7) is 4.69. The van der Waals surface area contributed by atoms with Crippen molar-refractivity contribution in [3.05, 3.63) is 11.7 Å². The summed E-state index contributed by atoms with van der Waals surface area (Å²) >= 11 is 0. The normalized spacial score (nSPS) is 25.7. The molecule has 0 aliphatic carbocycles. The van der Waals surface area contributed by atoms with Crippen LogP contribution in [0.15, 0.2) is 4.52 Å². The molecule has 22 heavy (non-hydrogen) atoms. The minimum absolute atomic E-state index is 0.0432. The molecule has 0 bridgehead atoms. The fraction of sp³-hybridized carbons (Fsp3) is 0.800. The quantitative estimate of drug-likeness (QED) is 0.846. The van der Waals surface area contributed by atoms with Crippen molar-refractivity contribution < 1.29 is 14.1 Å². The summed E-state index contributed by atoms with van der Waals surface area (Å²) in [4.78, 5) is 18.7. The molecule has 2 fully saturated rings. The standard InChI is InChI=1S/C15H24N4O3/c1-2-14-17-15(18-22-14)12-6-3-7-19(12)10-13(20)16-9-11-5-4-8-21-11/h11-12H,2-10H2,1H3,(H,16,20)/t11-,12+/m0/s1. The van der Waals surface area contributed by atoms with Gasteiger partial charge in [0, 0.05) is 19.6 Å². The van der Waals surface area contributed by atoms with Gasteiger partial charge in [0.2, 0.25) is 11.8 Å². The van der Waals surface area contributed by atoms with Crippen LogP contribution in [0.4, 0.5) is 0 Å². The molecule has 1 aromatic rings. The summed E-state index contributed by atoms with van der Waals surface area (Å²) in [5.41, 5.74) is 0. The lowest BCUT2D eigenvalue weighted by Crippen LogP contribution is -2.40. The Kier molecular flexibility index (Phi) is 5.04. The largest absolute Gasteiger partial charge is 0.376 e. The van der Waals surface area contributed by atoms with Crippen LogP contribution in [0.5, 0.6) is 0 Å². The number of carbonyl (C=O) groups is 1. The van der Waals surface area contributed by atoms with Crippen LogP contribution in [0.1, 0.15) is 50.4 Å². The second kappa shape index (κ2) is 7.19. The highest BCUT2D eigenvalue weighted by Crippen LogP contribution is 2.29. The Balaban J connectivity index is 1.50. The number of ether oxygens (including phenoxy) is 1. The molecule has 3 rings (SSSR count). The Morgan fingerprint density at radius 3 is 3.05 bits per heavy atom. The van der Waals surface area contributed by atoms with E-state index in [1.54, 1.807) is 0 Å². The minimum Gasteiger partial charge on any atom is -0.376 e. The van der Waals surface area contributed by atoms with Gasteiger partial charge in [-0.2, -0.15) is 4.98 Å². The number of nitrogens with one attached hydrogen (secondary N) is 1. The number of rotatable bonds is 6. The van der Waals surface area contributed by atoms with Crippen LogP contribution in [-0.4, -0.2) is 53.3 Å². The van der Waals surface area contributed by atoms with E-state index in [9.17, 15) is 4.79 Å². The van der Waals surface area contributed by atoms with Gasteiger partial charge in [0.25, 0.3) is 0 Å². The predicted molar refractivity (Wildman–Crippen MR) is 79.2 cm³/mol. The van der Waals surface area contributed by atoms with Gasteiger partial charge < -0.3 is 14.6 Å². The lowest BCUT2D eigenvalue weighted by Gasteiger charge is -2.21. The summed E-state index contributed by atoms with van der Waals surface area (Å²) in [6, 6.07) is 0.0949. The topological polar surface area (TPSA) is 80.5 Å². The molecule has 122 valence electrons. The molecule has 0 aromatic carbocycles. The monoisotopic (exact) mass is 308 g/mol. The van der Waals surface area contributed by atoms with Crippen molar-refractivity contribution in [3.63, 3.8) is 0 Å². The summed E-state index contributed by atoms with van der Waals surface area (Å²) < 4.78 is 10.7. The van der Waals surface area contributed by atoms with Crippen LogP contribution in [0.25, 0.3) is 0 Å². The average molecular weight is 308 g/mol. The van der Waals surface area contributed by atoms with Crippen molar-refractivity contribution in [2.24, 2.45) is 0 Å². The summed E-state index contributed by atoms with van der Waals surface area (Å²) in [5.74, 6) is 1.41. The molecule has 0 spiro atoms. The van der Waals surface area contributed by atoms with Gasteiger partial charge in [0.1, 0.15) is 0 Å². The van der Waals surface area contributed by atoms with Gasteiger partial charge in [-0.15, -0.1) is 0 Å². The molecule has 7 heteroatoms. The summed E-state index contributed by atoms with van der Waals surface area (Å²) in [5, 5.41) is 7.03. The number of aromatic nitrogens is 2. The van der Waals surface area contributed by atoms with Crippen molar-refractivity contribution in [3.8, 4) is 0 Å². The first kappa shape index (κ1) is 15.4. The molecule has 3 heterocycles. The third-order valence-corrected chi connectivity index (χ3v) is 4.35. The lowest BCUT2D eigenvalue weighted by atomic mass is 10.2. The first-order valence-electron chi connectivity index (χ1n) is 8.21. The van der Waals surface area contributed by atoms with Gasteiger partial charge in [-0.3, -0.25) is 9.69 Å². The van der Waals surface area contributed by atoms with Crippen molar-refractivity contribution in [1.29, 1.82) is 0 Å². The van der Waals surface area contributed by atoms with Crippen molar-refractivity contribution in [2.45, 2.75) is 51.2 Å². The molecule has 2 aliphatic rings. The number of carbonyl (C=O) groups excluding carboxylic acids is 1. The fourth-order valence-corrected chi connectivity index (χ4v) is 3.13. The van der Waals surface area contributed by atoms with Crippen LogP contribution in [0.2, 0.25) is 0 Å². The second-order valence-electron chi connectivity index (χ2n) is 5.97. The average Bonchev–Trinajstić information content (AvgIpc) is 3.26. The second-order valence-corrected chi connectivity index (χ2v) is 5.97. The zero-order chi connectivity index (χ0) is 15.4. The Bertz CT molecular complexity index is 499. The van der Waals surface area contributed by atoms with Gasteiger partial charge >= 0.3 is 0 Å². The minimum atomic E-state index is 0.0432. The van der Waals surface area contributed by atoms with E-state index >= 15 is 0 Å². The zero-order valence-electron chi connectivity index (χ0n) is 13.1. The highest BCUT2D eigenvalue weighted by molar-refractivity contribution is 5.78. The molecule has 7 nitrogen and oxygen atoms in total. The Morgan fingerprint density at radius 1 is 1.41 bits per heavy atom. The maximum absolute atomic E-state index is 12.1. The van der Waals surface area contributed by atoms with Crippen molar-refractivity contribution in [2.75, 3.05) is 26.2 Å². The van der Waals surface area contributed by atoms with Crippen LogP contribution < -0.4 is 5.32 Å². The molecular formula is C15H24N4O3. The van der Waals surface area contributed by atoms with Crippen molar-refractivity contribution in [1.82, 2.24) is 20.4 Å². The Labute approximate surface area is 130 Å². The zero-order valence-corrected chi connectivity index (χ0v) is 13.1. The fourth-order valence-electron chi connectivity index (χ4n) is 3.13. The van der Waals surface area contributed by atoms with Crippen LogP contribution in [0, 0.1) is 0 Å². The lowest BCUT2D eigenvalue weighted by molar-refractivity contribution is -0.123. The van der Waals surface area contributed by atoms with E-state index in [0.29, 0.717) is 24.8 Å². The van der Waals surface area contributed by atoms with Crippen LogP contribution in [0.3, 0.4) is 0 Å². The number of likely N-dealkylation sites (tertiary alicyclic amines) is 1. The Morgan fingerprint density at radius 2 is 2.32 bits per heavy atom. The first-order valence-corrected chi connectivity index (χ1v) is 8.21. The third kappa shape index (κ3) is 3.64. The van der Waals surface area contributed by atoms with E-state index in [2.05, 4.69) is 20.4 Å². The number of hydrogen-bond donors (Lipinski definition) is 1. The SMILES string of the molecule is CCc1nc([C@H]2CCCN2CC(=O)NC[C@@H]2CCCO2)no1. The highest BCUT2D eigenvalue weighted by atomic mass is 16.5. The molecule has 2 saturated heterocycles. The maximum atomic E-state index is 12.1. The molecule has 1 N–H and O–H groups in total. The van der Waals surface area contributed by atoms with E-state index in [1.807, 2.05) is 6.92 Å². The van der Waals surface area contributed by atoms with Crippen molar-refractivity contribution >= 4 is 5.91 Å². The summed E-state index contributed by atoms with van der Waals surface area (Å²) in [7, 11) is 0. The molecule has 1 aromatic heterocycles. The number of aryl methyl sites for hydroxylation is 1. The molecule has 0 unspecified atom stereocenters. The van der Waals surface area contributed by atoms with E-state index in [1.165, 1.54) is 0 Å². The summed E-state index contributed by atoms with van der Waals surface area (Å²) in [6.07, 6.45) is 5.08. The molecular weight excluding hydrogens is 284 g/mol. The number of amides is 1. The molecule has 2 aliphatic heterocycles. The molecule has 2 atom stereocenters. The van der Waals surface area contributed by atoms with E-state index < -0.39 is 0 Å². The van der Waals surface area contributed by atoms with Gasteiger partial charge in [-0.05, 0) is 32.2 Å². The van der Waals surface area contributed by atoms with Crippen LogP contribution >= 0.6 is 0 Å². The van der Waals surface area contributed by atoms with E-state index in [0.717, 1.165) is 45.3 Å². The van der Waals surface area contributed by atoms with Gasteiger partial charge in [0.05, 0.1) is 18.7 Å². The van der Waals surface area contributed by atoms with Crippen LogP contribution in [-0.2, 0) is 16.0 Å². The van der Waals surface area contributed by atoms with E-state index in [4.69, 9.17) is 9.26 Å². The van der Waals surface area contributed by atoms with Gasteiger partial charge in [-0.25, -0.2) is 0 Å². The predicted octanol–water partition coefficient (Wildman–Crippen LogP) is 1.06. The molecule has 0 radical (unpaired) electrons. The first-order chi connectivity index (χ1) is 10.8. The highest BCUT2D eigenvalue weighted by Gasteiger charge is 2.31. The Hall–Kier alpha value is -1.47. The number of hydrogen-bond acceptors (Lipinski definition) is 6. The maximum Gasteiger partial charge on any atom is 0.234 e. The smallest absolute Gasteiger partial charge is 0.234 e. The van der Waals surface area contributed by atoms with E-state index in [-0.39, 0.29) is 18.1 Å². The molecule has 0 saturated carbocycles. The van der Waals surface area contributed by atoms with Gasteiger partial charge in [-0.1, -0.05) is 12.1 Å². The van der Waals surface area contributed by atoms with Gasteiger partial charge in [0.15, 0.2) is 5.82 Å². The molecule has 1 amide bonds. The third-order valence-electron chi connectivity index (χ3n) is 4.35.